The molecule has 2 heteroatoms. The maximum absolute atomic E-state index is 11.4. The van der Waals surface area contributed by atoms with E-state index < -0.39 is 0 Å². The molecule has 10 atom stereocenters. The minimum Gasteiger partial charge on any atom is -0.393 e. The maximum Gasteiger partial charge on any atom is 0.0577 e. The largest absolute Gasteiger partial charge is 0.393 e. The van der Waals surface area contributed by atoms with E-state index in [1.165, 1.54) is 51.4 Å². The molecule has 4 saturated carbocycles. The van der Waals surface area contributed by atoms with E-state index in [-0.39, 0.29) is 12.2 Å². The Balaban J connectivity index is 1.50. The van der Waals surface area contributed by atoms with Crippen LogP contribution in [-0.2, 0) is 0 Å². The summed E-state index contributed by atoms with van der Waals surface area (Å²) in [5, 5.41) is 21.6. The molecule has 0 aromatic rings. The van der Waals surface area contributed by atoms with Crippen LogP contribution in [0, 0.1) is 52.3 Å². The van der Waals surface area contributed by atoms with Crippen molar-refractivity contribution in [3.05, 3.63) is 0 Å². The fraction of sp³-hybridized carbons (Fsp3) is 1.00. The summed E-state index contributed by atoms with van der Waals surface area (Å²) in [4.78, 5) is 0. The summed E-state index contributed by atoms with van der Waals surface area (Å²) < 4.78 is 0. The highest BCUT2D eigenvalue weighted by Crippen LogP contribution is 2.68. The average molecular weight is 405 g/mol. The number of hydrogen-bond acceptors (Lipinski definition) is 2. The zero-order valence-electron chi connectivity index (χ0n) is 19.9. The summed E-state index contributed by atoms with van der Waals surface area (Å²) >= 11 is 0. The Bertz CT molecular complexity index is 573. The quantitative estimate of drug-likeness (QED) is 0.553. The third-order valence-corrected chi connectivity index (χ3v) is 10.9. The van der Waals surface area contributed by atoms with Gasteiger partial charge in [0.05, 0.1) is 12.2 Å². The molecule has 168 valence electrons. The number of aliphatic hydroxyl groups is 2. The second kappa shape index (κ2) is 8.12. The van der Waals surface area contributed by atoms with Crippen LogP contribution in [0.4, 0.5) is 0 Å². The van der Waals surface area contributed by atoms with Crippen LogP contribution in [0.3, 0.4) is 0 Å². The average Bonchev–Trinajstić information content (AvgIpc) is 3.00. The van der Waals surface area contributed by atoms with Crippen molar-refractivity contribution >= 4 is 0 Å². The fourth-order valence-electron chi connectivity index (χ4n) is 9.22. The lowest BCUT2D eigenvalue weighted by Gasteiger charge is -2.62. The molecule has 0 aromatic heterocycles. The summed E-state index contributed by atoms with van der Waals surface area (Å²) in [7, 11) is 0. The van der Waals surface area contributed by atoms with E-state index in [1.54, 1.807) is 0 Å². The number of aliphatic hydroxyl groups excluding tert-OH is 2. The summed E-state index contributed by atoms with van der Waals surface area (Å²) in [6, 6.07) is 0. The van der Waals surface area contributed by atoms with E-state index in [0.717, 1.165) is 42.9 Å². The third kappa shape index (κ3) is 3.73. The zero-order chi connectivity index (χ0) is 21.0. The van der Waals surface area contributed by atoms with Gasteiger partial charge in [0.1, 0.15) is 0 Å². The molecule has 0 heterocycles. The number of hydrogen-bond donors (Lipinski definition) is 2. The molecule has 0 aromatic carbocycles. The smallest absolute Gasteiger partial charge is 0.0577 e. The van der Waals surface area contributed by atoms with Gasteiger partial charge >= 0.3 is 0 Å². The van der Waals surface area contributed by atoms with Gasteiger partial charge in [0.25, 0.3) is 0 Å². The van der Waals surface area contributed by atoms with Crippen LogP contribution >= 0.6 is 0 Å². The Kier molecular flexibility index (Phi) is 6.19. The first kappa shape index (κ1) is 22.1. The molecule has 4 fully saturated rings. The topological polar surface area (TPSA) is 40.5 Å². The van der Waals surface area contributed by atoms with Gasteiger partial charge in [-0.25, -0.2) is 0 Å². The molecule has 2 nitrogen and oxygen atoms in total. The normalized spacial score (nSPS) is 50.7. The maximum atomic E-state index is 11.4. The lowest BCUT2D eigenvalue weighted by molar-refractivity contribution is -0.174. The van der Waals surface area contributed by atoms with Gasteiger partial charge in [0.2, 0.25) is 0 Å². The Morgan fingerprint density at radius 2 is 1.52 bits per heavy atom. The van der Waals surface area contributed by atoms with Crippen molar-refractivity contribution in [3.8, 4) is 0 Å². The summed E-state index contributed by atoms with van der Waals surface area (Å²) in [5.74, 6) is 4.94. The SMILES string of the molecule is CC(C)CCC[C@@H](C)[C@H]1CC[C@@H]2[C@@H]3[C@H](O)C[C@@H]4C[C@H](O)CC[C@]4(C)[C@@H]3CC[C@@]21C. The molecular formula is C27H48O2. The molecular weight excluding hydrogens is 356 g/mol. The molecule has 0 radical (unpaired) electrons. The monoisotopic (exact) mass is 404 g/mol. The first-order valence-corrected chi connectivity index (χ1v) is 13.0. The molecule has 0 spiro atoms. The van der Waals surface area contributed by atoms with Gasteiger partial charge in [-0.1, -0.05) is 53.9 Å². The predicted molar refractivity (Wildman–Crippen MR) is 120 cm³/mol. The van der Waals surface area contributed by atoms with Crippen molar-refractivity contribution in [2.24, 2.45) is 52.3 Å². The van der Waals surface area contributed by atoms with Crippen molar-refractivity contribution < 1.29 is 10.2 Å². The van der Waals surface area contributed by atoms with Crippen molar-refractivity contribution in [1.82, 2.24) is 0 Å². The van der Waals surface area contributed by atoms with Crippen molar-refractivity contribution in [2.45, 2.75) is 117 Å². The Morgan fingerprint density at radius 1 is 0.828 bits per heavy atom. The van der Waals surface area contributed by atoms with Crippen LogP contribution in [0.15, 0.2) is 0 Å². The minimum absolute atomic E-state index is 0.131. The van der Waals surface area contributed by atoms with Crippen LogP contribution in [-0.4, -0.2) is 22.4 Å². The third-order valence-electron chi connectivity index (χ3n) is 10.9. The lowest BCUT2D eigenvalue weighted by atomic mass is 9.43. The van der Waals surface area contributed by atoms with Gasteiger partial charge in [-0.2, -0.15) is 0 Å². The summed E-state index contributed by atoms with van der Waals surface area (Å²) in [6.45, 7) is 12.4. The van der Waals surface area contributed by atoms with Crippen LogP contribution in [0.2, 0.25) is 0 Å². The highest BCUT2D eigenvalue weighted by atomic mass is 16.3. The van der Waals surface area contributed by atoms with Crippen LogP contribution in [0.1, 0.15) is 105 Å². The number of fused-ring (bicyclic) bond motifs is 5. The molecule has 4 aliphatic carbocycles. The van der Waals surface area contributed by atoms with Gasteiger partial charge in [0, 0.05) is 0 Å². The molecule has 0 amide bonds. The molecule has 0 aliphatic heterocycles. The van der Waals surface area contributed by atoms with E-state index in [1.807, 2.05) is 0 Å². The summed E-state index contributed by atoms with van der Waals surface area (Å²) in [6.07, 6.45) is 13.3. The molecule has 29 heavy (non-hydrogen) atoms. The van der Waals surface area contributed by atoms with Gasteiger partial charge in [-0.05, 0) is 104 Å². The molecule has 0 bridgehead atoms. The van der Waals surface area contributed by atoms with E-state index in [4.69, 9.17) is 0 Å². The van der Waals surface area contributed by atoms with Gasteiger partial charge < -0.3 is 10.2 Å². The van der Waals surface area contributed by atoms with Gasteiger partial charge in [0.15, 0.2) is 0 Å². The van der Waals surface area contributed by atoms with Crippen LogP contribution in [0.5, 0.6) is 0 Å². The molecule has 4 rings (SSSR count). The van der Waals surface area contributed by atoms with Crippen molar-refractivity contribution in [1.29, 1.82) is 0 Å². The molecule has 0 unspecified atom stereocenters. The second-order valence-electron chi connectivity index (χ2n) is 12.8. The second-order valence-corrected chi connectivity index (χ2v) is 12.8. The first-order valence-electron chi connectivity index (χ1n) is 13.0. The van der Waals surface area contributed by atoms with E-state index in [2.05, 4.69) is 34.6 Å². The van der Waals surface area contributed by atoms with Crippen molar-refractivity contribution in [2.75, 3.05) is 0 Å². The van der Waals surface area contributed by atoms with Gasteiger partial charge in [-0.15, -0.1) is 0 Å². The molecule has 2 N–H and O–H groups in total. The van der Waals surface area contributed by atoms with Crippen LogP contribution < -0.4 is 0 Å². The fourth-order valence-corrected chi connectivity index (χ4v) is 9.22. The Labute approximate surface area is 180 Å². The number of rotatable bonds is 5. The zero-order valence-corrected chi connectivity index (χ0v) is 19.9. The lowest BCUT2D eigenvalue weighted by Crippen LogP contribution is -2.58. The predicted octanol–water partition coefficient (Wildman–Crippen LogP) is 6.44. The van der Waals surface area contributed by atoms with E-state index in [9.17, 15) is 10.2 Å². The first-order chi connectivity index (χ1) is 13.7. The minimum atomic E-state index is -0.136. The molecule has 4 aliphatic rings. The molecule has 0 saturated heterocycles. The Morgan fingerprint density at radius 3 is 2.24 bits per heavy atom. The van der Waals surface area contributed by atoms with Gasteiger partial charge in [-0.3, -0.25) is 0 Å². The van der Waals surface area contributed by atoms with Crippen LogP contribution in [0.25, 0.3) is 0 Å². The van der Waals surface area contributed by atoms with E-state index in [0.29, 0.717) is 28.6 Å². The highest BCUT2D eigenvalue weighted by Gasteiger charge is 2.62. The van der Waals surface area contributed by atoms with E-state index >= 15 is 0 Å². The standard InChI is InChI=1S/C27H48O2/c1-17(2)7-6-8-18(3)21-9-10-22-25-23(12-14-27(21,22)5)26(4)13-11-20(28)15-19(26)16-24(25)29/h17-25,28-29H,6-16H2,1-5H3/t18-,19+,20-,21-,22-,23-,24-,25+,26+,27-/m1/s1. The highest BCUT2D eigenvalue weighted by molar-refractivity contribution is 5.11. The van der Waals surface area contributed by atoms with Crippen molar-refractivity contribution in [3.63, 3.8) is 0 Å². The Hall–Kier alpha value is -0.0800. The summed E-state index contributed by atoms with van der Waals surface area (Å²) in [5.41, 5.74) is 0.794.